The van der Waals surface area contributed by atoms with E-state index in [1.54, 1.807) is 30.1 Å². The Bertz CT molecular complexity index is 1030. The minimum atomic E-state index is -0.254. The lowest BCUT2D eigenvalue weighted by molar-refractivity contribution is 0.628. The van der Waals surface area contributed by atoms with E-state index in [9.17, 15) is 4.39 Å². The zero-order valence-corrected chi connectivity index (χ0v) is 14.9. The van der Waals surface area contributed by atoms with Crippen LogP contribution in [-0.4, -0.2) is 21.2 Å². The number of hydrogen-bond donors (Lipinski definition) is 1. The first-order valence-corrected chi connectivity index (χ1v) is 9.39. The van der Waals surface area contributed by atoms with E-state index in [2.05, 4.69) is 9.97 Å². The van der Waals surface area contributed by atoms with Crippen molar-refractivity contribution in [3.05, 3.63) is 78.7 Å². The molecule has 3 nitrogen and oxygen atoms in total. The number of H-pyrrole nitrogens is 1. The predicted molar refractivity (Wildman–Crippen MR) is 104 cm³/mol. The van der Waals surface area contributed by atoms with Crippen LogP contribution in [0, 0.1) is 5.82 Å². The molecule has 0 aliphatic heterocycles. The molecule has 0 unspecified atom stereocenters. The summed E-state index contributed by atoms with van der Waals surface area (Å²) in [6, 6.07) is 20.4. The van der Waals surface area contributed by atoms with Gasteiger partial charge >= 0.3 is 0 Å². The highest BCUT2D eigenvalue weighted by molar-refractivity contribution is 7.98. The Kier molecular flexibility index (Phi) is 4.54. The number of rotatable bonds is 4. The molecular weight excluding hydrogens is 345 g/mol. The maximum Gasteiger partial charge on any atom is 0.166 e. The predicted octanol–water partition coefficient (Wildman–Crippen LogP) is 5.67. The molecule has 0 saturated heterocycles. The highest BCUT2D eigenvalue weighted by Gasteiger charge is 2.15. The van der Waals surface area contributed by atoms with Crippen LogP contribution in [0.25, 0.3) is 33.8 Å². The van der Waals surface area contributed by atoms with Crippen LogP contribution in [0.15, 0.2) is 78.1 Å². The van der Waals surface area contributed by atoms with Gasteiger partial charge in [-0.05, 0) is 42.7 Å². The first kappa shape index (κ1) is 16.5. The molecule has 4 aromatic rings. The molecule has 0 saturated carbocycles. The fraction of sp³-hybridized carbons (Fsp3) is 0.0476. The van der Waals surface area contributed by atoms with E-state index in [0.29, 0.717) is 0 Å². The van der Waals surface area contributed by atoms with Gasteiger partial charge in [-0.1, -0.05) is 42.1 Å². The molecule has 2 aromatic heterocycles. The standard InChI is InChI=1S/C21H16FN3S/c1-26-21-24-19(15-7-9-17(22)10-8-15)20(25-21)16-11-12-23-18(13-16)14-5-3-2-4-6-14/h2-13H,1H3,(H,24,25). The van der Waals surface area contributed by atoms with Crippen molar-refractivity contribution in [2.75, 3.05) is 6.26 Å². The smallest absolute Gasteiger partial charge is 0.166 e. The monoisotopic (exact) mass is 361 g/mol. The first-order valence-electron chi connectivity index (χ1n) is 8.16. The van der Waals surface area contributed by atoms with Gasteiger partial charge in [-0.2, -0.15) is 0 Å². The largest absolute Gasteiger partial charge is 0.332 e. The van der Waals surface area contributed by atoms with E-state index in [1.165, 1.54) is 12.1 Å². The molecule has 0 bridgehead atoms. The van der Waals surface area contributed by atoms with Gasteiger partial charge in [-0.25, -0.2) is 9.37 Å². The summed E-state index contributed by atoms with van der Waals surface area (Å²) < 4.78 is 13.3. The molecule has 1 N–H and O–H groups in total. The molecule has 0 aliphatic carbocycles. The lowest BCUT2D eigenvalue weighted by Crippen LogP contribution is -1.88. The van der Waals surface area contributed by atoms with Crippen LogP contribution in [0.2, 0.25) is 0 Å². The second kappa shape index (κ2) is 7.14. The van der Waals surface area contributed by atoms with Gasteiger partial charge in [0.25, 0.3) is 0 Å². The third-order valence-corrected chi connectivity index (χ3v) is 4.69. The fourth-order valence-electron chi connectivity index (χ4n) is 2.83. The van der Waals surface area contributed by atoms with Crippen LogP contribution in [0.5, 0.6) is 0 Å². The third-order valence-electron chi connectivity index (χ3n) is 4.11. The quantitative estimate of drug-likeness (QED) is 0.476. The van der Waals surface area contributed by atoms with E-state index < -0.39 is 0 Å². The fourth-order valence-corrected chi connectivity index (χ4v) is 3.21. The minimum absolute atomic E-state index is 0.254. The molecule has 0 fully saturated rings. The highest BCUT2D eigenvalue weighted by Crippen LogP contribution is 2.33. The van der Waals surface area contributed by atoms with E-state index in [-0.39, 0.29) is 5.82 Å². The SMILES string of the molecule is CSc1nc(-c2ccnc(-c3ccccc3)c2)c(-c2ccc(F)cc2)[nH]1. The van der Waals surface area contributed by atoms with Gasteiger partial charge < -0.3 is 4.98 Å². The molecule has 0 amide bonds. The van der Waals surface area contributed by atoms with Crippen molar-refractivity contribution in [2.24, 2.45) is 0 Å². The number of benzene rings is 2. The zero-order valence-electron chi connectivity index (χ0n) is 14.1. The summed E-state index contributed by atoms with van der Waals surface area (Å²) in [5.74, 6) is -0.254. The van der Waals surface area contributed by atoms with Gasteiger partial charge in [0.05, 0.1) is 17.1 Å². The number of nitrogens with zero attached hydrogens (tertiary/aromatic N) is 2. The van der Waals surface area contributed by atoms with Crippen molar-refractivity contribution in [1.29, 1.82) is 0 Å². The summed E-state index contributed by atoms with van der Waals surface area (Å²) in [6.07, 6.45) is 3.76. The second-order valence-corrected chi connectivity index (χ2v) is 6.57. The number of thioether (sulfide) groups is 1. The summed E-state index contributed by atoms with van der Waals surface area (Å²) in [5.41, 5.74) is 5.52. The molecule has 0 spiro atoms. The van der Waals surface area contributed by atoms with Gasteiger partial charge in [-0.3, -0.25) is 4.98 Å². The molecule has 4 rings (SSSR count). The van der Waals surface area contributed by atoms with Crippen molar-refractivity contribution in [3.63, 3.8) is 0 Å². The van der Waals surface area contributed by atoms with Crippen LogP contribution in [0.4, 0.5) is 4.39 Å². The normalized spacial score (nSPS) is 10.8. The van der Waals surface area contributed by atoms with Crippen molar-refractivity contribution in [3.8, 4) is 33.8 Å². The summed E-state index contributed by atoms with van der Waals surface area (Å²) in [5, 5.41) is 0.817. The van der Waals surface area contributed by atoms with Gasteiger partial charge in [0, 0.05) is 22.9 Å². The molecule has 128 valence electrons. The van der Waals surface area contributed by atoms with Crippen molar-refractivity contribution < 1.29 is 4.39 Å². The summed E-state index contributed by atoms with van der Waals surface area (Å²) in [4.78, 5) is 12.5. The number of nitrogens with one attached hydrogen (secondary N) is 1. The van der Waals surface area contributed by atoms with Gasteiger partial charge in [-0.15, -0.1) is 0 Å². The van der Waals surface area contributed by atoms with Gasteiger partial charge in [0.15, 0.2) is 5.16 Å². The van der Waals surface area contributed by atoms with E-state index >= 15 is 0 Å². The van der Waals surface area contributed by atoms with E-state index in [0.717, 1.165) is 38.9 Å². The molecule has 0 atom stereocenters. The molecular formula is C21H16FN3S. The highest BCUT2D eigenvalue weighted by atomic mass is 32.2. The third kappa shape index (κ3) is 3.26. The number of aromatic amines is 1. The summed E-state index contributed by atoms with van der Waals surface area (Å²) in [6.45, 7) is 0. The molecule has 26 heavy (non-hydrogen) atoms. The Morgan fingerprint density at radius 2 is 1.65 bits per heavy atom. The van der Waals surface area contributed by atoms with Crippen molar-refractivity contribution in [1.82, 2.24) is 15.0 Å². The topological polar surface area (TPSA) is 41.6 Å². The maximum atomic E-state index is 13.3. The average molecular weight is 361 g/mol. The van der Waals surface area contributed by atoms with Crippen LogP contribution in [0.3, 0.4) is 0 Å². The van der Waals surface area contributed by atoms with E-state index in [1.807, 2.05) is 48.7 Å². The lowest BCUT2D eigenvalue weighted by Gasteiger charge is -2.06. The average Bonchev–Trinajstić information content (AvgIpc) is 3.14. The Balaban J connectivity index is 1.83. The Morgan fingerprint density at radius 1 is 0.885 bits per heavy atom. The van der Waals surface area contributed by atoms with E-state index in [4.69, 9.17) is 4.98 Å². The number of pyridine rings is 1. The Labute approximate surface area is 155 Å². The Hall–Kier alpha value is -2.92. The molecule has 2 aromatic carbocycles. The first-order chi connectivity index (χ1) is 12.7. The maximum absolute atomic E-state index is 13.3. The summed E-state index contributed by atoms with van der Waals surface area (Å²) >= 11 is 1.54. The minimum Gasteiger partial charge on any atom is -0.332 e. The van der Waals surface area contributed by atoms with Crippen LogP contribution < -0.4 is 0 Å². The van der Waals surface area contributed by atoms with Gasteiger partial charge in [0.1, 0.15) is 5.82 Å². The van der Waals surface area contributed by atoms with Crippen LogP contribution in [-0.2, 0) is 0 Å². The van der Waals surface area contributed by atoms with Crippen molar-refractivity contribution in [2.45, 2.75) is 5.16 Å². The molecule has 2 heterocycles. The van der Waals surface area contributed by atoms with Gasteiger partial charge in [0.2, 0.25) is 0 Å². The zero-order chi connectivity index (χ0) is 17.9. The van der Waals surface area contributed by atoms with Crippen LogP contribution >= 0.6 is 11.8 Å². The van der Waals surface area contributed by atoms with Crippen molar-refractivity contribution >= 4 is 11.8 Å². The second-order valence-electron chi connectivity index (χ2n) is 5.77. The number of halogens is 1. The number of imidazole rings is 1. The van der Waals surface area contributed by atoms with Crippen LogP contribution in [0.1, 0.15) is 0 Å². The Morgan fingerprint density at radius 3 is 2.38 bits per heavy atom. The lowest BCUT2D eigenvalue weighted by atomic mass is 10.0. The molecule has 0 aliphatic rings. The molecule has 5 heteroatoms. The summed E-state index contributed by atoms with van der Waals surface area (Å²) in [7, 11) is 0. The molecule has 0 radical (unpaired) electrons. The number of aromatic nitrogens is 3. The number of hydrogen-bond acceptors (Lipinski definition) is 3.